The van der Waals surface area contributed by atoms with Crippen molar-refractivity contribution in [2.75, 3.05) is 32.9 Å². The monoisotopic (exact) mass is 282 g/mol. The first kappa shape index (κ1) is 14.4. The first-order valence-corrected chi connectivity index (χ1v) is 7.90. The fraction of sp³-hybridized carbons (Fsp3) is 0.692. The van der Waals surface area contributed by atoms with Crippen LogP contribution in [0.5, 0.6) is 0 Å². The number of rotatable bonds is 4. The van der Waals surface area contributed by atoms with Crippen molar-refractivity contribution < 1.29 is 4.79 Å². The minimum Gasteiger partial charge on any atom is -0.347 e. The van der Waals surface area contributed by atoms with Gasteiger partial charge < -0.3 is 9.88 Å². The Labute approximate surface area is 118 Å². The summed E-state index contributed by atoms with van der Waals surface area (Å²) in [6.07, 6.45) is 6.27. The van der Waals surface area contributed by atoms with Crippen LogP contribution in [0.2, 0.25) is 0 Å². The molecule has 0 radical (unpaired) electrons. The molecular formula is C13H22N4OS. The molecule has 2 heterocycles. The molecular weight excluding hydrogens is 260 g/mol. The highest BCUT2D eigenvalue weighted by atomic mass is 32.2. The number of carbonyl (C=O) groups is 1. The Morgan fingerprint density at radius 3 is 3.05 bits per heavy atom. The van der Waals surface area contributed by atoms with Gasteiger partial charge in [0, 0.05) is 43.7 Å². The third-order valence-corrected chi connectivity index (χ3v) is 4.67. The van der Waals surface area contributed by atoms with Crippen molar-refractivity contribution in [2.45, 2.75) is 24.6 Å². The van der Waals surface area contributed by atoms with Crippen molar-refractivity contribution in [3.8, 4) is 0 Å². The van der Waals surface area contributed by atoms with Gasteiger partial charge in [0.1, 0.15) is 5.82 Å². The van der Waals surface area contributed by atoms with Crippen molar-refractivity contribution in [2.24, 2.45) is 0 Å². The molecule has 1 aromatic rings. The van der Waals surface area contributed by atoms with Gasteiger partial charge in [-0.2, -0.15) is 11.8 Å². The maximum atomic E-state index is 12.3. The molecule has 106 valence electrons. The third-order valence-electron chi connectivity index (χ3n) is 3.70. The van der Waals surface area contributed by atoms with E-state index >= 15 is 0 Å². The number of nitrogens with zero attached hydrogens (tertiary/aromatic N) is 3. The average Bonchev–Trinajstić information content (AvgIpc) is 2.92. The topological polar surface area (TPSA) is 52.2 Å². The van der Waals surface area contributed by atoms with Crippen LogP contribution in [0.4, 0.5) is 0 Å². The van der Waals surface area contributed by atoms with E-state index in [1.165, 1.54) is 0 Å². The van der Waals surface area contributed by atoms with Crippen LogP contribution in [0.1, 0.15) is 25.2 Å². The molecule has 0 unspecified atom stereocenters. The number of hydrogen-bond donors (Lipinski definition) is 1. The predicted molar refractivity (Wildman–Crippen MR) is 78.1 cm³/mol. The van der Waals surface area contributed by atoms with Gasteiger partial charge in [0.25, 0.3) is 0 Å². The normalized spacial score (nSPS) is 22.5. The van der Waals surface area contributed by atoms with E-state index in [0.29, 0.717) is 11.7 Å². The number of likely N-dealkylation sites (N-methyl/N-ethyl adjacent to an activating group) is 1. The zero-order chi connectivity index (χ0) is 13.8. The van der Waals surface area contributed by atoms with E-state index in [0.717, 1.165) is 25.5 Å². The van der Waals surface area contributed by atoms with Gasteiger partial charge >= 0.3 is 0 Å². The Balaban J connectivity index is 1.99. The zero-order valence-corrected chi connectivity index (χ0v) is 12.6. The standard InChI is InChI=1S/C13H22N4OS/c1-10(19-3)8-12(18)17-7-6-16(2)11(9-17)13-14-4-5-15-13/h4-5,10-11H,6-9H2,1-3H3,(H,14,15)/t10-,11-/m0/s1. The fourth-order valence-corrected chi connectivity index (χ4v) is 2.62. The summed E-state index contributed by atoms with van der Waals surface area (Å²) in [5, 5.41) is 0.384. The number of aromatic amines is 1. The van der Waals surface area contributed by atoms with E-state index < -0.39 is 0 Å². The number of nitrogens with one attached hydrogen (secondary N) is 1. The highest BCUT2D eigenvalue weighted by Crippen LogP contribution is 2.22. The molecule has 0 bridgehead atoms. The highest BCUT2D eigenvalue weighted by molar-refractivity contribution is 7.99. The van der Waals surface area contributed by atoms with Gasteiger partial charge in [0.15, 0.2) is 0 Å². The summed E-state index contributed by atoms with van der Waals surface area (Å²) in [6.45, 7) is 4.53. The van der Waals surface area contributed by atoms with Crippen molar-refractivity contribution in [3.63, 3.8) is 0 Å². The molecule has 6 heteroatoms. The van der Waals surface area contributed by atoms with Crippen LogP contribution in [0.15, 0.2) is 12.4 Å². The van der Waals surface area contributed by atoms with Crippen molar-refractivity contribution in [1.29, 1.82) is 0 Å². The maximum Gasteiger partial charge on any atom is 0.223 e. The number of piperazine rings is 1. The molecule has 1 amide bonds. The Hall–Kier alpha value is -1.01. The van der Waals surface area contributed by atoms with E-state index in [4.69, 9.17) is 0 Å². The quantitative estimate of drug-likeness (QED) is 0.906. The Bertz CT molecular complexity index is 409. The van der Waals surface area contributed by atoms with Gasteiger partial charge in [0.05, 0.1) is 6.04 Å². The number of imidazole rings is 1. The molecule has 1 fully saturated rings. The molecule has 1 aromatic heterocycles. The van der Waals surface area contributed by atoms with Crippen LogP contribution in [-0.4, -0.2) is 63.9 Å². The molecule has 1 N–H and O–H groups in total. The van der Waals surface area contributed by atoms with E-state index in [1.807, 2.05) is 17.4 Å². The molecule has 0 aromatic carbocycles. The molecule has 0 spiro atoms. The number of carbonyl (C=O) groups excluding carboxylic acids is 1. The largest absolute Gasteiger partial charge is 0.347 e. The summed E-state index contributed by atoms with van der Waals surface area (Å²) in [4.78, 5) is 24.0. The second-order valence-corrected chi connectivity index (χ2v) is 6.34. The van der Waals surface area contributed by atoms with Crippen LogP contribution in [0.25, 0.3) is 0 Å². The second-order valence-electron chi connectivity index (χ2n) is 5.06. The van der Waals surface area contributed by atoms with Crippen molar-refractivity contribution in [1.82, 2.24) is 19.8 Å². The lowest BCUT2D eigenvalue weighted by Gasteiger charge is -2.38. The van der Waals surface area contributed by atoms with E-state index in [1.54, 1.807) is 18.0 Å². The molecule has 1 aliphatic heterocycles. The molecule has 0 aliphatic carbocycles. The highest BCUT2D eigenvalue weighted by Gasteiger charge is 2.30. The molecule has 2 atom stereocenters. The summed E-state index contributed by atoms with van der Waals surface area (Å²) >= 11 is 1.74. The smallest absolute Gasteiger partial charge is 0.223 e. The van der Waals surface area contributed by atoms with E-state index in [2.05, 4.69) is 28.8 Å². The summed E-state index contributed by atoms with van der Waals surface area (Å²) in [5.41, 5.74) is 0. The van der Waals surface area contributed by atoms with Gasteiger partial charge in [-0.3, -0.25) is 9.69 Å². The van der Waals surface area contributed by atoms with Crippen molar-refractivity contribution in [3.05, 3.63) is 18.2 Å². The number of thioether (sulfide) groups is 1. The SMILES string of the molecule is CS[C@@H](C)CC(=O)N1CCN(C)[C@H](c2ncc[nH]2)C1. The minimum absolute atomic E-state index is 0.178. The predicted octanol–water partition coefficient (Wildman–Crippen LogP) is 1.37. The van der Waals surface area contributed by atoms with Gasteiger partial charge in [-0.25, -0.2) is 4.98 Å². The fourth-order valence-electron chi connectivity index (χ4n) is 2.31. The number of amides is 1. The van der Waals surface area contributed by atoms with E-state index in [-0.39, 0.29) is 11.9 Å². The first-order valence-electron chi connectivity index (χ1n) is 6.62. The molecule has 0 saturated carbocycles. The Kier molecular flexibility index (Phi) is 4.87. The Morgan fingerprint density at radius 2 is 2.42 bits per heavy atom. The number of aromatic nitrogens is 2. The summed E-state index contributed by atoms with van der Waals surface area (Å²) in [5.74, 6) is 1.20. The van der Waals surface area contributed by atoms with Crippen LogP contribution < -0.4 is 0 Å². The second kappa shape index (κ2) is 6.43. The third kappa shape index (κ3) is 3.51. The molecule has 19 heavy (non-hydrogen) atoms. The molecule has 2 rings (SSSR count). The summed E-state index contributed by atoms with van der Waals surface area (Å²) < 4.78 is 0. The molecule has 1 saturated heterocycles. The molecule has 1 aliphatic rings. The van der Waals surface area contributed by atoms with Crippen LogP contribution in [0, 0.1) is 0 Å². The number of H-pyrrole nitrogens is 1. The average molecular weight is 282 g/mol. The number of hydrogen-bond acceptors (Lipinski definition) is 4. The lowest BCUT2D eigenvalue weighted by molar-refractivity contribution is -0.134. The van der Waals surface area contributed by atoms with Gasteiger partial charge in [-0.1, -0.05) is 6.92 Å². The van der Waals surface area contributed by atoms with Crippen LogP contribution in [0.3, 0.4) is 0 Å². The van der Waals surface area contributed by atoms with Gasteiger partial charge in [0.2, 0.25) is 5.91 Å². The van der Waals surface area contributed by atoms with Crippen molar-refractivity contribution >= 4 is 17.7 Å². The summed E-state index contributed by atoms with van der Waals surface area (Å²) in [6, 6.07) is 0.178. The van der Waals surface area contributed by atoms with E-state index in [9.17, 15) is 4.79 Å². The van der Waals surface area contributed by atoms with Crippen LogP contribution >= 0.6 is 11.8 Å². The first-order chi connectivity index (χ1) is 9.11. The van der Waals surface area contributed by atoms with Gasteiger partial charge in [-0.05, 0) is 13.3 Å². The maximum absolute atomic E-state index is 12.3. The Morgan fingerprint density at radius 1 is 1.63 bits per heavy atom. The van der Waals surface area contributed by atoms with Crippen LogP contribution in [-0.2, 0) is 4.79 Å². The molecule has 5 nitrogen and oxygen atoms in total. The lowest BCUT2D eigenvalue weighted by atomic mass is 10.1. The minimum atomic E-state index is 0.178. The summed E-state index contributed by atoms with van der Waals surface area (Å²) in [7, 11) is 2.08. The lowest BCUT2D eigenvalue weighted by Crippen LogP contribution is -2.49. The van der Waals surface area contributed by atoms with Gasteiger partial charge in [-0.15, -0.1) is 0 Å². The zero-order valence-electron chi connectivity index (χ0n) is 11.8.